The van der Waals surface area contributed by atoms with Gasteiger partial charge in [0.05, 0.1) is 6.04 Å². The second-order valence-electron chi connectivity index (χ2n) is 6.51. The fourth-order valence-corrected chi connectivity index (χ4v) is 3.57. The Kier molecular flexibility index (Phi) is 3.14. The standard InChI is InChI=1S/C14H24N4/c1-14(2)8-5-9-15-12(14)13-17-16-10-18(13)11-6-3-4-7-11/h10-12,15H,3-9H2,1-2H3. The van der Waals surface area contributed by atoms with Crippen molar-refractivity contribution in [2.75, 3.05) is 6.54 Å². The van der Waals surface area contributed by atoms with Gasteiger partial charge < -0.3 is 9.88 Å². The summed E-state index contributed by atoms with van der Waals surface area (Å²) >= 11 is 0. The van der Waals surface area contributed by atoms with Gasteiger partial charge in [0.1, 0.15) is 6.33 Å². The van der Waals surface area contributed by atoms with Crippen molar-refractivity contribution >= 4 is 0 Å². The molecular weight excluding hydrogens is 224 g/mol. The average molecular weight is 248 g/mol. The van der Waals surface area contributed by atoms with Crippen molar-refractivity contribution in [3.05, 3.63) is 12.2 Å². The normalized spacial score (nSPS) is 28.7. The van der Waals surface area contributed by atoms with Gasteiger partial charge in [-0.25, -0.2) is 0 Å². The summed E-state index contributed by atoms with van der Waals surface area (Å²) < 4.78 is 2.34. The first kappa shape index (κ1) is 12.2. The monoisotopic (exact) mass is 248 g/mol. The van der Waals surface area contributed by atoms with Gasteiger partial charge in [-0.15, -0.1) is 10.2 Å². The molecule has 1 aliphatic heterocycles. The lowest BCUT2D eigenvalue weighted by atomic mass is 9.77. The predicted octanol–water partition coefficient (Wildman–Crippen LogP) is 2.84. The van der Waals surface area contributed by atoms with Crippen LogP contribution in [0.2, 0.25) is 0 Å². The molecule has 4 heteroatoms. The molecule has 1 saturated heterocycles. The van der Waals surface area contributed by atoms with Crippen molar-refractivity contribution in [3.63, 3.8) is 0 Å². The molecule has 1 saturated carbocycles. The molecule has 3 rings (SSSR count). The Hall–Kier alpha value is -0.900. The average Bonchev–Trinajstić information content (AvgIpc) is 2.98. The first-order chi connectivity index (χ1) is 8.68. The fourth-order valence-electron chi connectivity index (χ4n) is 3.57. The first-order valence-corrected chi connectivity index (χ1v) is 7.31. The van der Waals surface area contributed by atoms with E-state index in [1.54, 1.807) is 0 Å². The molecule has 2 heterocycles. The zero-order valence-corrected chi connectivity index (χ0v) is 11.5. The van der Waals surface area contributed by atoms with E-state index < -0.39 is 0 Å². The second-order valence-corrected chi connectivity index (χ2v) is 6.51. The van der Waals surface area contributed by atoms with E-state index in [1.165, 1.54) is 38.5 Å². The highest BCUT2D eigenvalue weighted by Crippen LogP contribution is 2.41. The lowest BCUT2D eigenvalue weighted by molar-refractivity contribution is 0.168. The van der Waals surface area contributed by atoms with Gasteiger partial charge in [-0.3, -0.25) is 0 Å². The Labute approximate surface area is 109 Å². The molecule has 0 spiro atoms. The Morgan fingerprint density at radius 3 is 2.78 bits per heavy atom. The minimum absolute atomic E-state index is 0.279. The van der Waals surface area contributed by atoms with E-state index in [1.807, 2.05) is 6.33 Å². The number of nitrogens with zero attached hydrogens (tertiary/aromatic N) is 3. The van der Waals surface area contributed by atoms with Crippen LogP contribution in [-0.2, 0) is 0 Å². The summed E-state index contributed by atoms with van der Waals surface area (Å²) in [6, 6.07) is 0.990. The van der Waals surface area contributed by atoms with Crippen LogP contribution in [-0.4, -0.2) is 21.3 Å². The topological polar surface area (TPSA) is 42.7 Å². The first-order valence-electron chi connectivity index (χ1n) is 7.31. The van der Waals surface area contributed by atoms with E-state index >= 15 is 0 Å². The molecule has 0 radical (unpaired) electrons. The predicted molar refractivity (Wildman–Crippen MR) is 71.3 cm³/mol. The molecule has 18 heavy (non-hydrogen) atoms. The number of piperidine rings is 1. The summed E-state index contributed by atoms with van der Waals surface area (Å²) in [4.78, 5) is 0. The van der Waals surface area contributed by atoms with E-state index in [-0.39, 0.29) is 5.41 Å². The zero-order valence-electron chi connectivity index (χ0n) is 11.5. The minimum atomic E-state index is 0.279. The van der Waals surface area contributed by atoms with E-state index in [9.17, 15) is 0 Å². The van der Waals surface area contributed by atoms with Crippen molar-refractivity contribution in [3.8, 4) is 0 Å². The van der Waals surface area contributed by atoms with Crippen molar-refractivity contribution < 1.29 is 0 Å². The lowest BCUT2D eigenvalue weighted by Gasteiger charge is -2.39. The maximum atomic E-state index is 4.43. The summed E-state index contributed by atoms with van der Waals surface area (Å²) in [5, 5.41) is 12.3. The van der Waals surface area contributed by atoms with Gasteiger partial charge in [-0.05, 0) is 37.6 Å². The molecule has 1 unspecified atom stereocenters. The molecule has 100 valence electrons. The Morgan fingerprint density at radius 1 is 1.28 bits per heavy atom. The van der Waals surface area contributed by atoms with Crippen LogP contribution in [0.25, 0.3) is 0 Å². The van der Waals surface area contributed by atoms with Crippen LogP contribution in [0.15, 0.2) is 6.33 Å². The Morgan fingerprint density at radius 2 is 2.06 bits per heavy atom. The molecule has 0 bridgehead atoms. The molecule has 1 aromatic rings. The summed E-state index contributed by atoms with van der Waals surface area (Å²) in [6.45, 7) is 5.79. The van der Waals surface area contributed by atoms with E-state index in [4.69, 9.17) is 0 Å². The molecule has 2 aliphatic rings. The highest BCUT2D eigenvalue weighted by Gasteiger charge is 2.37. The Balaban J connectivity index is 1.89. The molecule has 0 amide bonds. The summed E-state index contributed by atoms with van der Waals surface area (Å²) in [7, 11) is 0. The van der Waals surface area contributed by atoms with Gasteiger partial charge in [0.25, 0.3) is 0 Å². The van der Waals surface area contributed by atoms with Gasteiger partial charge in [0.15, 0.2) is 5.82 Å². The largest absolute Gasteiger partial charge is 0.313 e. The van der Waals surface area contributed by atoms with Crippen LogP contribution in [0, 0.1) is 5.41 Å². The van der Waals surface area contributed by atoms with Crippen molar-refractivity contribution in [2.24, 2.45) is 5.41 Å². The Bertz CT molecular complexity index is 404. The minimum Gasteiger partial charge on any atom is -0.313 e. The van der Waals surface area contributed by atoms with Crippen LogP contribution in [0.5, 0.6) is 0 Å². The SMILES string of the molecule is CC1(C)CCCNC1c1nncn1C1CCCC1. The third-order valence-corrected chi connectivity index (χ3v) is 4.70. The molecule has 1 aliphatic carbocycles. The van der Waals surface area contributed by atoms with E-state index in [0.29, 0.717) is 12.1 Å². The highest BCUT2D eigenvalue weighted by atomic mass is 15.3. The van der Waals surface area contributed by atoms with Crippen molar-refractivity contribution in [1.29, 1.82) is 0 Å². The van der Waals surface area contributed by atoms with Crippen LogP contribution in [0.1, 0.15) is 70.3 Å². The van der Waals surface area contributed by atoms with E-state index in [0.717, 1.165) is 12.4 Å². The maximum absolute atomic E-state index is 4.43. The number of rotatable bonds is 2. The lowest BCUT2D eigenvalue weighted by Crippen LogP contribution is -2.41. The summed E-state index contributed by atoms with van der Waals surface area (Å²) in [6.07, 6.45) is 9.75. The van der Waals surface area contributed by atoms with E-state index in [2.05, 4.69) is 33.9 Å². The van der Waals surface area contributed by atoms with Gasteiger partial charge in [0, 0.05) is 6.04 Å². The molecule has 4 nitrogen and oxygen atoms in total. The molecule has 1 atom stereocenters. The van der Waals surface area contributed by atoms with Gasteiger partial charge in [-0.2, -0.15) is 0 Å². The summed E-state index contributed by atoms with van der Waals surface area (Å²) in [5.41, 5.74) is 0.279. The number of hydrogen-bond donors (Lipinski definition) is 1. The quantitative estimate of drug-likeness (QED) is 0.875. The van der Waals surface area contributed by atoms with Gasteiger partial charge >= 0.3 is 0 Å². The second kappa shape index (κ2) is 4.65. The van der Waals surface area contributed by atoms with Crippen LogP contribution in [0.3, 0.4) is 0 Å². The molecule has 0 aromatic carbocycles. The number of aromatic nitrogens is 3. The van der Waals surface area contributed by atoms with Crippen LogP contribution in [0.4, 0.5) is 0 Å². The zero-order chi connectivity index (χ0) is 12.6. The number of nitrogens with one attached hydrogen (secondary N) is 1. The third-order valence-electron chi connectivity index (χ3n) is 4.70. The molecule has 1 N–H and O–H groups in total. The van der Waals surface area contributed by atoms with Crippen molar-refractivity contribution in [2.45, 2.75) is 64.5 Å². The maximum Gasteiger partial charge on any atom is 0.150 e. The van der Waals surface area contributed by atoms with Crippen LogP contribution >= 0.6 is 0 Å². The van der Waals surface area contributed by atoms with Gasteiger partial charge in [-0.1, -0.05) is 26.7 Å². The summed E-state index contributed by atoms with van der Waals surface area (Å²) in [5.74, 6) is 1.16. The van der Waals surface area contributed by atoms with Gasteiger partial charge in [0.2, 0.25) is 0 Å². The highest BCUT2D eigenvalue weighted by molar-refractivity contribution is 5.05. The van der Waals surface area contributed by atoms with Crippen LogP contribution < -0.4 is 5.32 Å². The molecule has 2 fully saturated rings. The fraction of sp³-hybridized carbons (Fsp3) is 0.857. The van der Waals surface area contributed by atoms with Crippen molar-refractivity contribution in [1.82, 2.24) is 20.1 Å². The third kappa shape index (κ3) is 2.07. The molecule has 1 aromatic heterocycles. The smallest absolute Gasteiger partial charge is 0.150 e. The molecular formula is C14H24N4. The number of hydrogen-bond acceptors (Lipinski definition) is 3.